The van der Waals surface area contributed by atoms with Gasteiger partial charge in [0.1, 0.15) is 17.9 Å². The second-order valence-electron chi connectivity index (χ2n) is 7.09. The molecular formula is C21H22F5N2OPS. The van der Waals surface area contributed by atoms with Gasteiger partial charge in [-0.15, -0.1) is 0 Å². The third-order valence-electron chi connectivity index (χ3n) is 5.04. The molecule has 1 aromatic heterocycles. The molecule has 0 saturated carbocycles. The number of halogens is 5. The number of nitrogens with zero attached hydrogens (tertiary/aromatic N) is 1. The standard InChI is InChI=1S/C21H22F5N2OPS/c1-3-30(29,4-2)18-11-7-16(8-12-18)20-6-5-15-27-21(20)28-17-9-13-19(14-10-17)31(22,23,24,25)26/h5-15H,3-4H2,1-2H3,(H,27,28). The first kappa shape index (κ1) is 23.3. The number of benzene rings is 2. The molecule has 31 heavy (non-hydrogen) atoms. The Kier molecular flexibility index (Phi) is 5.52. The summed E-state index contributed by atoms with van der Waals surface area (Å²) in [7, 11) is -12.1. The molecule has 0 aliphatic heterocycles. The normalized spacial score (nSPS) is 14.5. The molecule has 0 amide bonds. The largest absolute Gasteiger partial charge is 0.340 e. The van der Waals surface area contributed by atoms with Crippen LogP contribution in [0.1, 0.15) is 13.8 Å². The van der Waals surface area contributed by atoms with E-state index in [4.69, 9.17) is 0 Å². The van der Waals surface area contributed by atoms with E-state index in [0.29, 0.717) is 35.8 Å². The van der Waals surface area contributed by atoms with Crippen LogP contribution in [0.5, 0.6) is 0 Å². The number of aromatic nitrogens is 1. The second-order valence-corrected chi connectivity index (χ2v) is 13.1. The van der Waals surface area contributed by atoms with Gasteiger partial charge in [0, 0.05) is 35.1 Å². The van der Waals surface area contributed by atoms with Crippen molar-refractivity contribution in [3.8, 4) is 11.1 Å². The van der Waals surface area contributed by atoms with Crippen molar-refractivity contribution in [2.45, 2.75) is 18.7 Å². The summed E-state index contributed by atoms with van der Waals surface area (Å²) in [5.41, 5.74) is 1.61. The van der Waals surface area contributed by atoms with E-state index < -0.39 is 22.3 Å². The van der Waals surface area contributed by atoms with E-state index in [1.54, 1.807) is 12.1 Å². The molecule has 10 heteroatoms. The van der Waals surface area contributed by atoms with E-state index in [1.165, 1.54) is 6.20 Å². The van der Waals surface area contributed by atoms with Crippen molar-refractivity contribution < 1.29 is 24.0 Å². The maximum atomic E-state index is 12.9. The maximum absolute atomic E-state index is 12.9. The zero-order valence-corrected chi connectivity index (χ0v) is 18.6. The van der Waals surface area contributed by atoms with Crippen molar-refractivity contribution >= 4 is 34.2 Å². The smallest absolute Gasteiger partial charge is 0.310 e. The lowest BCUT2D eigenvalue weighted by Gasteiger charge is -2.40. The molecule has 1 N–H and O–H groups in total. The van der Waals surface area contributed by atoms with Crippen LogP contribution in [0.3, 0.4) is 0 Å². The van der Waals surface area contributed by atoms with Gasteiger partial charge < -0.3 is 9.88 Å². The highest BCUT2D eigenvalue weighted by Gasteiger charge is 2.65. The fourth-order valence-electron chi connectivity index (χ4n) is 3.17. The zero-order valence-electron chi connectivity index (χ0n) is 16.9. The predicted molar refractivity (Wildman–Crippen MR) is 119 cm³/mol. The minimum atomic E-state index is -9.72. The Morgan fingerprint density at radius 2 is 1.45 bits per heavy atom. The molecule has 1 heterocycles. The van der Waals surface area contributed by atoms with Crippen molar-refractivity contribution in [3.63, 3.8) is 0 Å². The van der Waals surface area contributed by atoms with Crippen molar-refractivity contribution in [2.24, 2.45) is 0 Å². The van der Waals surface area contributed by atoms with E-state index >= 15 is 0 Å². The van der Waals surface area contributed by atoms with Crippen LogP contribution in [0.25, 0.3) is 11.1 Å². The van der Waals surface area contributed by atoms with Gasteiger partial charge in [0.2, 0.25) is 0 Å². The van der Waals surface area contributed by atoms with Crippen LogP contribution in [0.4, 0.5) is 30.9 Å². The summed E-state index contributed by atoms with van der Waals surface area (Å²) in [5, 5.41) is 3.66. The predicted octanol–water partition coefficient (Wildman–Crippen LogP) is 8.18. The molecule has 168 valence electrons. The highest BCUT2D eigenvalue weighted by Crippen LogP contribution is 3.02. The van der Waals surface area contributed by atoms with Crippen molar-refractivity contribution in [2.75, 3.05) is 17.6 Å². The molecule has 0 fully saturated rings. The summed E-state index contributed by atoms with van der Waals surface area (Å²) in [6.07, 6.45) is 2.64. The number of anilines is 2. The molecular weight excluding hydrogens is 454 g/mol. The molecule has 3 nitrogen and oxygen atoms in total. The zero-order chi connectivity index (χ0) is 23.0. The summed E-state index contributed by atoms with van der Waals surface area (Å²) in [4.78, 5) is 2.28. The second kappa shape index (κ2) is 7.35. The third kappa shape index (κ3) is 5.28. The molecule has 0 bridgehead atoms. The highest BCUT2D eigenvalue weighted by molar-refractivity contribution is 8.45. The van der Waals surface area contributed by atoms with Gasteiger partial charge in [-0.25, -0.2) is 4.98 Å². The third-order valence-corrected chi connectivity index (χ3v) is 9.49. The SMILES string of the molecule is CCP(=O)(CC)c1ccc(-c2cccnc2Nc2ccc(S(F)(F)(F)(F)F)cc2)cc1. The molecule has 0 aliphatic rings. The van der Waals surface area contributed by atoms with E-state index in [-0.39, 0.29) is 5.69 Å². The minimum absolute atomic E-state index is 0.184. The molecule has 0 unspecified atom stereocenters. The molecule has 3 rings (SSSR count). The van der Waals surface area contributed by atoms with Gasteiger partial charge in [-0.3, -0.25) is 0 Å². The molecule has 0 aliphatic carbocycles. The average molecular weight is 476 g/mol. The number of pyridine rings is 1. The Labute approximate surface area is 177 Å². The molecule has 0 atom stereocenters. The van der Waals surface area contributed by atoms with Crippen molar-refractivity contribution in [1.82, 2.24) is 4.98 Å². The van der Waals surface area contributed by atoms with Crippen LogP contribution in [-0.2, 0) is 4.57 Å². The first-order valence-electron chi connectivity index (χ1n) is 9.51. The van der Waals surface area contributed by atoms with E-state index in [1.807, 2.05) is 38.1 Å². The van der Waals surface area contributed by atoms with Crippen LogP contribution in [0.2, 0.25) is 0 Å². The van der Waals surface area contributed by atoms with Gasteiger partial charge in [-0.1, -0.05) is 57.5 Å². The lowest BCUT2D eigenvalue weighted by atomic mass is 10.1. The van der Waals surface area contributed by atoms with Gasteiger partial charge in [-0.05, 0) is 42.0 Å². The van der Waals surface area contributed by atoms with Gasteiger partial charge in [-0.2, -0.15) is 0 Å². The van der Waals surface area contributed by atoms with Crippen LogP contribution in [-0.4, -0.2) is 17.3 Å². The number of hydrogen-bond donors (Lipinski definition) is 1. The van der Waals surface area contributed by atoms with E-state index in [0.717, 1.165) is 23.0 Å². The summed E-state index contributed by atoms with van der Waals surface area (Å²) >= 11 is 0. The maximum Gasteiger partial charge on any atom is 0.310 e. The molecule has 3 aromatic rings. The first-order chi connectivity index (χ1) is 14.3. The molecule has 2 aromatic carbocycles. The first-order valence-corrected chi connectivity index (χ1v) is 13.5. The minimum Gasteiger partial charge on any atom is -0.340 e. The Morgan fingerprint density at radius 3 is 1.97 bits per heavy atom. The Hall–Kier alpha value is -2.38. The number of nitrogens with one attached hydrogen (secondary N) is 1. The lowest BCUT2D eigenvalue weighted by Crippen LogP contribution is -2.08. The lowest BCUT2D eigenvalue weighted by molar-refractivity contribution is 0.364. The molecule has 0 radical (unpaired) electrons. The molecule has 0 saturated heterocycles. The van der Waals surface area contributed by atoms with Crippen molar-refractivity contribution in [3.05, 3.63) is 66.9 Å². The van der Waals surface area contributed by atoms with Crippen LogP contribution in [0, 0.1) is 0 Å². The number of rotatable bonds is 7. The van der Waals surface area contributed by atoms with Crippen LogP contribution >= 0.6 is 17.4 Å². The number of hydrogen-bond acceptors (Lipinski definition) is 3. The Bertz CT molecular complexity index is 1130. The van der Waals surface area contributed by atoms with Gasteiger partial charge in [0.15, 0.2) is 0 Å². The summed E-state index contributed by atoms with van der Waals surface area (Å²) < 4.78 is 77.4. The van der Waals surface area contributed by atoms with Crippen molar-refractivity contribution in [1.29, 1.82) is 0 Å². The summed E-state index contributed by atoms with van der Waals surface area (Å²) in [6, 6.07) is 13.3. The summed E-state index contributed by atoms with van der Waals surface area (Å²) in [5.74, 6) is 0.351. The van der Waals surface area contributed by atoms with Crippen LogP contribution in [0.15, 0.2) is 71.8 Å². The van der Waals surface area contributed by atoms with E-state index in [2.05, 4.69) is 10.3 Å². The van der Waals surface area contributed by atoms with Gasteiger partial charge in [0.05, 0.1) is 0 Å². The summed E-state index contributed by atoms with van der Waals surface area (Å²) in [6.45, 7) is 3.78. The topological polar surface area (TPSA) is 42.0 Å². The fourth-order valence-corrected chi connectivity index (χ4v) is 5.69. The molecule has 0 spiro atoms. The Balaban J connectivity index is 1.91. The Morgan fingerprint density at radius 1 is 0.871 bits per heavy atom. The monoisotopic (exact) mass is 476 g/mol. The highest BCUT2D eigenvalue weighted by atomic mass is 32.5. The van der Waals surface area contributed by atoms with E-state index in [9.17, 15) is 24.0 Å². The average Bonchev–Trinajstić information content (AvgIpc) is 2.72. The quantitative estimate of drug-likeness (QED) is 0.276. The van der Waals surface area contributed by atoms with Gasteiger partial charge >= 0.3 is 10.2 Å². The van der Waals surface area contributed by atoms with Gasteiger partial charge in [0.25, 0.3) is 0 Å². The fraction of sp³-hybridized carbons (Fsp3) is 0.190. The van der Waals surface area contributed by atoms with Crippen LogP contribution < -0.4 is 10.6 Å².